The minimum atomic E-state index is -3.93. The minimum absolute atomic E-state index is 0.0518. The van der Waals surface area contributed by atoms with E-state index in [1.807, 2.05) is 24.3 Å². The van der Waals surface area contributed by atoms with E-state index < -0.39 is 10.0 Å². The van der Waals surface area contributed by atoms with E-state index in [1.54, 1.807) is 36.4 Å². The topological polar surface area (TPSA) is 68.2 Å². The van der Waals surface area contributed by atoms with Crippen molar-refractivity contribution in [1.82, 2.24) is 9.29 Å². The Kier molecular flexibility index (Phi) is 5.05. The highest BCUT2D eigenvalue weighted by Gasteiger charge is 2.30. The van der Waals surface area contributed by atoms with Crippen LogP contribution in [-0.2, 0) is 21.2 Å². The van der Waals surface area contributed by atoms with Crippen LogP contribution in [0.5, 0.6) is 0 Å². The monoisotopic (exact) mass is 486 g/mol. The summed E-state index contributed by atoms with van der Waals surface area (Å²) in [6.07, 6.45) is 0.503. The number of halogens is 1. The van der Waals surface area contributed by atoms with E-state index in [0.29, 0.717) is 21.8 Å². The van der Waals surface area contributed by atoms with Crippen molar-refractivity contribution in [1.29, 1.82) is 0 Å². The first-order valence-corrected chi connectivity index (χ1v) is 12.5. The number of thioether (sulfide) groups is 1. The van der Waals surface area contributed by atoms with Crippen LogP contribution < -0.4 is 5.32 Å². The van der Waals surface area contributed by atoms with Crippen molar-refractivity contribution in [2.24, 2.45) is 0 Å². The molecule has 0 saturated carbocycles. The Morgan fingerprint density at radius 2 is 1.71 bits per heavy atom. The molecule has 1 N–H and O–H groups in total. The standard InChI is InChI=1S/C22H15ClN2O3S3/c23-16-6-2-4-8-20(16)31(27,28)25-17-7-3-1-5-14(17)15-11-13(9-10-18(15)25)12-19-21(26)24-22(29)30-19/h1-11,19H,12H2,(H,24,26,29). The molecule has 1 unspecified atom stereocenters. The lowest BCUT2D eigenvalue weighted by molar-refractivity contribution is -0.118. The summed E-state index contributed by atoms with van der Waals surface area (Å²) in [5, 5.41) is 4.16. The fourth-order valence-electron chi connectivity index (χ4n) is 3.86. The van der Waals surface area contributed by atoms with Gasteiger partial charge in [-0.25, -0.2) is 12.4 Å². The highest BCUT2D eigenvalue weighted by atomic mass is 35.5. The molecule has 1 saturated heterocycles. The van der Waals surface area contributed by atoms with Crippen LogP contribution >= 0.6 is 35.6 Å². The summed E-state index contributed by atoms with van der Waals surface area (Å²) >= 11 is 12.7. The maximum absolute atomic E-state index is 13.6. The van der Waals surface area contributed by atoms with E-state index in [2.05, 4.69) is 5.32 Å². The van der Waals surface area contributed by atoms with Crippen LogP contribution in [0.25, 0.3) is 21.8 Å². The number of para-hydroxylation sites is 1. The third-order valence-electron chi connectivity index (χ3n) is 5.24. The summed E-state index contributed by atoms with van der Waals surface area (Å²) in [6.45, 7) is 0. The van der Waals surface area contributed by atoms with Gasteiger partial charge in [0.15, 0.2) is 0 Å². The average Bonchev–Trinajstić information content (AvgIpc) is 3.24. The Morgan fingerprint density at radius 1 is 1.00 bits per heavy atom. The number of rotatable bonds is 4. The Labute approximate surface area is 193 Å². The zero-order valence-electron chi connectivity index (χ0n) is 15.9. The number of carbonyl (C=O) groups excluding carboxylic acids is 1. The molecule has 1 aromatic heterocycles. The van der Waals surface area contributed by atoms with E-state index in [0.717, 1.165) is 16.3 Å². The predicted molar refractivity (Wildman–Crippen MR) is 129 cm³/mol. The van der Waals surface area contributed by atoms with Crippen molar-refractivity contribution < 1.29 is 13.2 Å². The molecule has 0 spiro atoms. The molecule has 4 aromatic rings. The second-order valence-corrected chi connectivity index (χ2v) is 11.2. The van der Waals surface area contributed by atoms with Crippen LogP contribution in [0.3, 0.4) is 0 Å². The first-order chi connectivity index (χ1) is 14.9. The summed E-state index contributed by atoms with van der Waals surface area (Å²) in [5.41, 5.74) is 2.07. The van der Waals surface area contributed by atoms with Gasteiger partial charge in [0.2, 0.25) is 5.91 Å². The molecule has 3 aromatic carbocycles. The summed E-state index contributed by atoms with van der Waals surface area (Å²) in [4.78, 5) is 12.1. The van der Waals surface area contributed by atoms with Gasteiger partial charge >= 0.3 is 0 Å². The number of thiocarbonyl (C=S) groups is 1. The van der Waals surface area contributed by atoms with Gasteiger partial charge in [0, 0.05) is 10.8 Å². The van der Waals surface area contributed by atoms with Crippen molar-refractivity contribution in [3.05, 3.63) is 77.3 Å². The van der Waals surface area contributed by atoms with Gasteiger partial charge in [0.1, 0.15) is 9.22 Å². The maximum Gasteiger partial charge on any atom is 0.270 e. The average molecular weight is 487 g/mol. The molecule has 1 aliphatic heterocycles. The molecule has 31 heavy (non-hydrogen) atoms. The molecule has 0 bridgehead atoms. The molecule has 5 nitrogen and oxygen atoms in total. The van der Waals surface area contributed by atoms with E-state index in [9.17, 15) is 13.2 Å². The van der Waals surface area contributed by atoms with Crippen molar-refractivity contribution in [3.63, 3.8) is 0 Å². The number of fused-ring (bicyclic) bond motifs is 3. The normalized spacial score (nSPS) is 16.9. The molecular formula is C22H15ClN2O3S3. The van der Waals surface area contributed by atoms with E-state index >= 15 is 0 Å². The van der Waals surface area contributed by atoms with E-state index in [1.165, 1.54) is 21.8 Å². The summed E-state index contributed by atoms with van der Waals surface area (Å²) < 4.78 is 29.0. The van der Waals surface area contributed by atoms with Gasteiger partial charge in [-0.05, 0) is 42.3 Å². The second-order valence-electron chi connectivity index (χ2n) is 7.16. The van der Waals surface area contributed by atoms with Crippen LogP contribution in [0.15, 0.2) is 71.6 Å². The van der Waals surface area contributed by atoms with Gasteiger partial charge in [0.25, 0.3) is 10.0 Å². The molecule has 0 radical (unpaired) electrons. The van der Waals surface area contributed by atoms with Crippen LogP contribution in [0.4, 0.5) is 0 Å². The summed E-state index contributed by atoms with van der Waals surface area (Å²) in [5.74, 6) is -0.0983. The molecule has 1 atom stereocenters. The largest absolute Gasteiger partial charge is 0.311 e. The number of hydrogen-bond acceptors (Lipinski definition) is 5. The molecular weight excluding hydrogens is 472 g/mol. The number of aromatic nitrogens is 1. The number of hydrogen-bond donors (Lipinski definition) is 1. The third kappa shape index (κ3) is 3.43. The molecule has 0 aliphatic carbocycles. The van der Waals surface area contributed by atoms with Crippen molar-refractivity contribution in [2.75, 3.05) is 0 Å². The van der Waals surface area contributed by atoms with Crippen molar-refractivity contribution in [2.45, 2.75) is 16.6 Å². The quantitative estimate of drug-likeness (QED) is 0.422. The predicted octanol–water partition coefficient (Wildman–Crippen LogP) is 4.74. The SMILES string of the molecule is O=C1NC(=S)SC1Cc1ccc2c(c1)c1ccccc1n2S(=O)(=O)c1ccccc1Cl. The highest BCUT2D eigenvalue weighted by Crippen LogP contribution is 2.35. The van der Waals surface area contributed by atoms with Gasteiger partial charge in [-0.1, -0.05) is 72.0 Å². The van der Waals surface area contributed by atoms with Gasteiger partial charge in [-0.15, -0.1) is 0 Å². The summed E-state index contributed by atoms with van der Waals surface area (Å²) in [6, 6.07) is 19.4. The van der Waals surface area contributed by atoms with Crippen molar-refractivity contribution >= 4 is 77.6 Å². The molecule has 5 rings (SSSR count). The Morgan fingerprint density at radius 3 is 2.45 bits per heavy atom. The lowest BCUT2D eigenvalue weighted by atomic mass is 10.1. The molecule has 1 amide bonds. The number of benzene rings is 3. The molecule has 1 aliphatic rings. The fraction of sp³-hybridized carbons (Fsp3) is 0.0909. The van der Waals surface area contributed by atoms with Gasteiger partial charge in [0.05, 0.1) is 21.3 Å². The number of nitrogens with zero attached hydrogens (tertiary/aromatic N) is 1. The third-order valence-corrected chi connectivity index (χ3v) is 8.84. The Bertz CT molecular complexity index is 1490. The lowest BCUT2D eigenvalue weighted by Gasteiger charge is -2.11. The Hall–Kier alpha value is -2.39. The summed E-state index contributed by atoms with van der Waals surface area (Å²) in [7, 11) is -3.93. The van der Waals surface area contributed by atoms with Crippen LogP contribution in [0, 0.1) is 0 Å². The van der Waals surface area contributed by atoms with Gasteiger partial charge in [-0.3, -0.25) is 4.79 Å². The lowest BCUT2D eigenvalue weighted by Crippen LogP contribution is -2.25. The second kappa shape index (κ2) is 7.63. The van der Waals surface area contributed by atoms with Gasteiger partial charge < -0.3 is 5.32 Å². The number of nitrogens with one attached hydrogen (secondary N) is 1. The van der Waals surface area contributed by atoms with E-state index in [-0.39, 0.29) is 21.1 Å². The molecule has 2 heterocycles. The smallest absolute Gasteiger partial charge is 0.270 e. The zero-order chi connectivity index (χ0) is 21.8. The van der Waals surface area contributed by atoms with Crippen LogP contribution in [0.2, 0.25) is 5.02 Å². The first kappa shape index (κ1) is 20.5. The molecule has 156 valence electrons. The minimum Gasteiger partial charge on any atom is -0.311 e. The first-order valence-electron chi connectivity index (χ1n) is 9.40. The number of carbonyl (C=O) groups is 1. The number of amides is 1. The molecule has 9 heteroatoms. The van der Waals surface area contributed by atoms with Crippen LogP contribution in [0.1, 0.15) is 5.56 Å². The van der Waals surface area contributed by atoms with Crippen molar-refractivity contribution in [3.8, 4) is 0 Å². The molecule has 1 fully saturated rings. The maximum atomic E-state index is 13.6. The highest BCUT2D eigenvalue weighted by molar-refractivity contribution is 8.24. The van der Waals surface area contributed by atoms with Gasteiger partial charge in [-0.2, -0.15) is 0 Å². The van der Waals surface area contributed by atoms with E-state index in [4.69, 9.17) is 23.8 Å². The zero-order valence-corrected chi connectivity index (χ0v) is 19.1. The fourth-order valence-corrected chi connectivity index (χ4v) is 7.20. The Balaban J connectivity index is 1.70. The van der Waals surface area contributed by atoms with Crippen LogP contribution in [-0.4, -0.2) is 27.9 Å².